The molecular formula is C10H11BrS. The van der Waals surface area contributed by atoms with Crippen LogP contribution in [0.15, 0.2) is 30.3 Å². The standard InChI is InChI=1S/C10H11BrS/c11-8-10-5-2-1-4-9(10)6-3-7-12/h1-6,12H,7-8H2. The zero-order valence-electron chi connectivity index (χ0n) is 6.70. The van der Waals surface area contributed by atoms with E-state index in [1.54, 1.807) is 0 Å². The summed E-state index contributed by atoms with van der Waals surface area (Å²) in [6, 6.07) is 8.32. The molecule has 1 aromatic rings. The molecule has 0 radical (unpaired) electrons. The molecule has 0 amide bonds. The lowest BCUT2D eigenvalue weighted by molar-refractivity contribution is 1.41. The summed E-state index contributed by atoms with van der Waals surface area (Å²) in [5, 5.41) is 0.903. The van der Waals surface area contributed by atoms with Crippen molar-refractivity contribution in [3.05, 3.63) is 41.5 Å². The van der Waals surface area contributed by atoms with E-state index in [0.717, 1.165) is 11.1 Å². The fourth-order valence-corrected chi connectivity index (χ4v) is 1.61. The van der Waals surface area contributed by atoms with Gasteiger partial charge in [0.25, 0.3) is 0 Å². The summed E-state index contributed by atoms with van der Waals surface area (Å²) in [6.07, 6.45) is 4.15. The first-order valence-corrected chi connectivity index (χ1v) is 5.55. The van der Waals surface area contributed by atoms with Gasteiger partial charge in [0.1, 0.15) is 0 Å². The van der Waals surface area contributed by atoms with Crippen LogP contribution in [0, 0.1) is 0 Å². The predicted octanol–water partition coefficient (Wildman–Crippen LogP) is 3.52. The number of benzene rings is 1. The maximum Gasteiger partial charge on any atom is 0.0288 e. The Morgan fingerprint density at radius 3 is 2.75 bits per heavy atom. The Hall–Kier alpha value is -0.210. The third-order valence-corrected chi connectivity index (χ3v) is 2.42. The van der Waals surface area contributed by atoms with Crippen molar-refractivity contribution < 1.29 is 0 Å². The summed E-state index contributed by atoms with van der Waals surface area (Å²) in [5.74, 6) is 0.788. The zero-order chi connectivity index (χ0) is 8.81. The van der Waals surface area contributed by atoms with Gasteiger partial charge in [0.15, 0.2) is 0 Å². The molecule has 2 heteroatoms. The van der Waals surface area contributed by atoms with Crippen LogP contribution >= 0.6 is 28.6 Å². The fraction of sp³-hybridized carbons (Fsp3) is 0.200. The van der Waals surface area contributed by atoms with Gasteiger partial charge in [-0.2, -0.15) is 12.6 Å². The minimum absolute atomic E-state index is 0.788. The lowest BCUT2D eigenvalue weighted by Gasteiger charge is -2.00. The summed E-state index contributed by atoms with van der Waals surface area (Å²) >= 11 is 7.56. The van der Waals surface area contributed by atoms with E-state index in [2.05, 4.69) is 52.8 Å². The number of hydrogen-bond acceptors (Lipinski definition) is 1. The lowest BCUT2D eigenvalue weighted by atomic mass is 10.1. The van der Waals surface area contributed by atoms with Gasteiger partial charge < -0.3 is 0 Å². The van der Waals surface area contributed by atoms with Crippen LogP contribution < -0.4 is 0 Å². The molecular weight excluding hydrogens is 232 g/mol. The first-order valence-electron chi connectivity index (χ1n) is 3.79. The number of thiol groups is 1. The molecule has 0 nitrogen and oxygen atoms in total. The molecule has 0 N–H and O–H groups in total. The highest BCUT2D eigenvalue weighted by Crippen LogP contribution is 2.13. The maximum absolute atomic E-state index is 4.12. The predicted molar refractivity (Wildman–Crippen MR) is 62.0 cm³/mol. The maximum atomic E-state index is 4.12. The molecule has 0 fully saturated rings. The SMILES string of the molecule is SCC=Cc1ccccc1CBr. The van der Waals surface area contributed by atoms with Crippen LogP contribution in [0.2, 0.25) is 0 Å². The van der Waals surface area contributed by atoms with E-state index in [-0.39, 0.29) is 0 Å². The minimum atomic E-state index is 0.788. The molecule has 0 unspecified atom stereocenters. The second-order valence-corrected chi connectivity index (χ2v) is 3.34. The van der Waals surface area contributed by atoms with Crippen LogP contribution in [-0.4, -0.2) is 5.75 Å². The van der Waals surface area contributed by atoms with Crippen LogP contribution in [0.3, 0.4) is 0 Å². The van der Waals surface area contributed by atoms with E-state index in [1.807, 2.05) is 12.1 Å². The van der Waals surface area contributed by atoms with Gasteiger partial charge in [-0.15, -0.1) is 0 Å². The largest absolute Gasteiger partial charge is 0.175 e. The van der Waals surface area contributed by atoms with Gasteiger partial charge >= 0.3 is 0 Å². The van der Waals surface area contributed by atoms with Crippen LogP contribution in [0.4, 0.5) is 0 Å². The van der Waals surface area contributed by atoms with Gasteiger partial charge in [-0.25, -0.2) is 0 Å². The first-order chi connectivity index (χ1) is 5.88. The molecule has 0 atom stereocenters. The Balaban J connectivity index is 2.89. The number of rotatable bonds is 3. The molecule has 0 aromatic heterocycles. The number of halogens is 1. The second-order valence-electron chi connectivity index (χ2n) is 2.42. The molecule has 0 saturated heterocycles. The molecule has 1 rings (SSSR count). The van der Waals surface area contributed by atoms with Crippen molar-refractivity contribution in [2.24, 2.45) is 0 Å². The monoisotopic (exact) mass is 242 g/mol. The van der Waals surface area contributed by atoms with Crippen LogP contribution in [0.1, 0.15) is 11.1 Å². The first kappa shape index (κ1) is 9.87. The van der Waals surface area contributed by atoms with Crippen molar-refractivity contribution in [2.75, 3.05) is 5.75 Å². The quantitative estimate of drug-likeness (QED) is 0.609. The van der Waals surface area contributed by atoms with Crippen LogP contribution in [0.5, 0.6) is 0 Å². The van der Waals surface area contributed by atoms with Crippen molar-refractivity contribution in [1.82, 2.24) is 0 Å². The molecule has 0 bridgehead atoms. The molecule has 64 valence electrons. The smallest absolute Gasteiger partial charge is 0.0288 e. The van der Waals surface area contributed by atoms with Gasteiger partial charge in [0.2, 0.25) is 0 Å². The summed E-state index contributed by atoms with van der Waals surface area (Å²) in [4.78, 5) is 0. The van der Waals surface area contributed by atoms with Gasteiger partial charge in [-0.05, 0) is 11.1 Å². The molecule has 0 saturated carbocycles. The summed E-state index contributed by atoms with van der Waals surface area (Å²) < 4.78 is 0. The Bertz CT molecular complexity index is 268. The number of alkyl halides is 1. The Kier molecular flexibility index (Phi) is 4.48. The normalized spacial score (nSPS) is 10.8. The minimum Gasteiger partial charge on any atom is -0.175 e. The second kappa shape index (κ2) is 5.44. The van der Waals surface area contributed by atoms with E-state index in [1.165, 1.54) is 11.1 Å². The number of hydrogen-bond donors (Lipinski definition) is 1. The Morgan fingerprint density at radius 1 is 1.33 bits per heavy atom. The van der Waals surface area contributed by atoms with E-state index in [9.17, 15) is 0 Å². The summed E-state index contributed by atoms with van der Waals surface area (Å²) in [5.41, 5.74) is 2.58. The van der Waals surface area contributed by atoms with E-state index in [4.69, 9.17) is 0 Å². The van der Waals surface area contributed by atoms with Crippen LogP contribution in [-0.2, 0) is 5.33 Å². The highest BCUT2D eigenvalue weighted by molar-refractivity contribution is 9.08. The highest BCUT2D eigenvalue weighted by atomic mass is 79.9. The fourth-order valence-electron chi connectivity index (χ4n) is 0.998. The molecule has 0 aliphatic rings. The summed E-state index contributed by atoms with van der Waals surface area (Å²) in [7, 11) is 0. The average Bonchev–Trinajstić information content (AvgIpc) is 2.15. The van der Waals surface area contributed by atoms with Crippen molar-refractivity contribution in [3.63, 3.8) is 0 Å². The lowest BCUT2D eigenvalue weighted by Crippen LogP contribution is -1.82. The van der Waals surface area contributed by atoms with E-state index >= 15 is 0 Å². The molecule has 0 spiro atoms. The van der Waals surface area contributed by atoms with E-state index < -0.39 is 0 Å². The Morgan fingerprint density at radius 2 is 2.08 bits per heavy atom. The third kappa shape index (κ3) is 2.68. The summed E-state index contributed by atoms with van der Waals surface area (Å²) in [6.45, 7) is 0. The van der Waals surface area contributed by atoms with Crippen molar-refractivity contribution in [2.45, 2.75) is 5.33 Å². The topological polar surface area (TPSA) is 0 Å². The molecule has 1 aromatic carbocycles. The molecule has 12 heavy (non-hydrogen) atoms. The zero-order valence-corrected chi connectivity index (χ0v) is 9.18. The van der Waals surface area contributed by atoms with Crippen LogP contribution in [0.25, 0.3) is 6.08 Å². The van der Waals surface area contributed by atoms with Gasteiger partial charge in [0, 0.05) is 11.1 Å². The van der Waals surface area contributed by atoms with Crippen molar-refractivity contribution >= 4 is 34.6 Å². The average molecular weight is 243 g/mol. The molecule has 0 aliphatic heterocycles. The van der Waals surface area contributed by atoms with Gasteiger partial charge in [-0.3, -0.25) is 0 Å². The van der Waals surface area contributed by atoms with Crippen molar-refractivity contribution in [3.8, 4) is 0 Å². The van der Waals surface area contributed by atoms with Gasteiger partial charge in [0.05, 0.1) is 0 Å². The molecule has 0 aliphatic carbocycles. The van der Waals surface area contributed by atoms with Crippen molar-refractivity contribution in [1.29, 1.82) is 0 Å². The third-order valence-electron chi connectivity index (χ3n) is 1.60. The highest BCUT2D eigenvalue weighted by Gasteiger charge is 1.94. The van der Waals surface area contributed by atoms with Gasteiger partial charge in [-0.1, -0.05) is 52.3 Å². The molecule has 0 heterocycles. The van der Waals surface area contributed by atoms with E-state index in [0.29, 0.717) is 0 Å². The Labute approximate surface area is 87.2 Å².